The summed E-state index contributed by atoms with van der Waals surface area (Å²) in [5, 5.41) is 18.6. The topological polar surface area (TPSA) is 61.8 Å². The van der Waals surface area contributed by atoms with Gasteiger partial charge in [0.05, 0.1) is 17.4 Å². The molecule has 3 aromatic rings. The summed E-state index contributed by atoms with van der Waals surface area (Å²) < 4.78 is 43.0. The second-order valence-corrected chi connectivity index (χ2v) is 9.51. The molecule has 170 valence electrons. The fourth-order valence-electron chi connectivity index (χ4n) is 5.89. The number of rotatable bonds is 3. The molecule has 0 aromatic carbocycles. The molecule has 1 N–H and O–H groups in total. The number of halogens is 3. The molecule has 2 saturated heterocycles. The highest BCUT2D eigenvalue weighted by molar-refractivity contribution is 5.79. The van der Waals surface area contributed by atoms with Gasteiger partial charge >= 0.3 is 6.18 Å². The van der Waals surface area contributed by atoms with Crippen molar-refractivity contribution in [2.75, 3.05) is 18.0 Å². The van der Waals surface area contributed by atoms with Crippen LogP contribution < -0.4 is 4.90 Å². The Labute approximate surface area is 183 Å². The highest BCUT2D eigenvalue weighted by atomic mass is 19.4. The van der Waals surface area contributed by atoms with E-state index >= 15 is 0 Å². The Hall–Kier alpha value is -2.59. The van der Waals surface area contributed by atoms with E-state index in [0.717, 1.165) is 48.3 Å². The van der Waals surface area contributed by atoms with Gasteiger partial charge in [-0.1, -0.05) is 0 Å². The van der Waals surface area contributed by atoms with Gasteiger partial charge in [0, 0.05) is 80.8 Å². The van der Waals surface area contributed by atoms with E-state index in [9.17, 15) is 18.3 Å². The third-order valence-electron chi connectivity index (χ3n) is 7.50. The number of nitrogens with zero attached hydrogens (tertiary/aromatic N) is 6. The lowest BCUT2D eigenvalue weighted by molar-refractivity contribution is -0.301. The first-order valence-electron chi connectivity index (χ1n) is 11.0. The van der Waals surface area contributed by atoms with Gasteiger partial charge in [-0.25, -0.2) is 4.52 Å². The van der Waals surface area contributed by atoms with Crippen LogP contribution in [0, 0.1) is 0 Å². The Morgan fingerprint density at radius 2 is 1.75 bits per heavy atom. The van der Waals surface area contributed by atoms with E-state index in [1.54, 1.807) is 10.9 Å². The van der Waals surface area contributed by atoms with Gasteiger partial charge in [-0.05, 0) is 25.0 Å². The lowest BCUT2D eigenvalue weighted by Crippen LogP contribution is -2.67. The monoisotopic (exact) mass is 446 g/mol. The highest BCUT2D eigenvalue weighted by Gasteiger charge is 2.64. The Bertz CT molecular complexity index is 1150. The Morgan fingerprint density at radius 1 is 1.03 bits per heavy atom. The summed E-state index contributed by atoms with van der Waals surface area (Å²) in [5.41, 5.74) is 1.65. The molecule has 1 saturated carbocycles. The van der Waals surface area contributed by atoms with Crippen molar-refractivity contribution in [2.45, 2.75) is 55.6 Å². The zero-order valence-corrected chi connectivity index (χ0v) is 17.7. The number of piperazine rings is 1. The predicted molar refractivity (Wildman–Crippen MR) is 112 cm³/mol. The number of alkyl halides is 3. The van der Waals surface area contributed by atoms with Crippen LogP contribution >= 0.6 is 0 Å². The standard InChI is InChI=1S/C22H25F3N6O/c1-28-10-15(9-27-28)14-6-20-19(4-5-26-30(20)11-14)29-12-16-2-3-17(13-29)31(16)18-7-21(32,8-18)22(23,24)25/h4-6,9-11,16-18,32H,2-3,7-8,12-13H2,1H3. The molecule has 0 radical (unpaired) electrons. The minimum atomic E-state index is -4.55. The normalized spacial score (nSPS) is 30.8. The second-order valence-electron chi connectivity index (χ2n) is 9.51. The van der Waals surface area contributed by atoms with Gasteiger partial charge in [-0.15, -0.1) is 0 Å². The Balaban J connectivity index is 1.24. The van der Waals surface area contributed by atoms with E-state index in [2.05, 4.69) is 26.1 Å². The maximum absolute atomic E-state index is 13.1. The number of hydrogen-bond donors (Lipinski definition) is 1. The molecule has 2 aliphatic heterocycles. The molecule has 3 aromatic heterocycles. The van der Waals surface area contributed by atoms with Crippen LogP contribution in [0.25, 0.3) is 16.6 Å². The Morgan fingerprint density at radius 3 is 2.38 bits per heavy atom. The molecule has 3 fully saturated rings. The van der Waals surface area contributed by atoms with Crippen LogP contribution in [0.3, 0.4) is 0 Å². The highest BCUT2D eigenvalue weighted by Crippen LogP contribution is 2.50. The third-order valence-corrected chi connectivity index (χ3v) is 7.50. The van der Waals surface area contributed by atoms with Gasteiger partial charge in [-0.2, -0.15) is 23.4 Å². The quantitative estimate of drug-likeness (QED) is 0.671. The molecule has 6 rings (SSSR count). The van der Waals surface area contributed by atoms with Crippen molar-refractivity contribution in [2.24, 2.45) is 7.05 Å². The van der Waals surface area contributed by atoms with Crippen LogP contribution in [0.2, 0.25) is 0 Å². The number of hydrogen-bond acceptors (Lipinski definition) is 5. The molecule has 0 spiro atoms. The van der Waals surface area contributed by atoms with E-state index in [0.29, 0.717) is 0 Å². The van der Waals surface area contributed by atoms with Crippen LogP contribution in [0.5, 0.6) is 0 Å². The lowest BCUT2D eigenvalue weighted by Gasteiger charge is -2.54. The number of anilines is 1. The maximum Gasteiger partial charge on any atom is 0.417 e. The van der Waals surface area contributed by atoms with Crippen molar-refractivity contribution >= 4 is 11.2 Å². The van der Waals surface area contributed by atoms with Crippen molar-refractivity contribution in [3.05, 3.63) is 36.9 Å². The van der Waals surface area contributed by atoms with Gasteiger partial charge in [0.2, 0.25) is 0 Å². The van der Waals surface area contributed by atoms with Crippen molar-refractivity contribution in [1.29, 1.82) is 0 Å². The average molecular weight is 446 g/mol. The number of fused-ring (bicyclic) bond motifs is 3. The average Bonchev–Trinajstić information content (AvgIpc) is 3.39. The van der Waals surface area contributed by atoms with Gasteiger partial charge < -0.3 is 10.0 Å². The summed E-state index contributed by atoms with van der Waals surface area (Å²) in [6.45, 7) is 1.54. The van der Waals surface area contributed by atoms with Crippen LogP contribution in [-0.2, 0) is 7.05 Å². The summed E-state index contributed by atoms with van der Waals surface area (Å²) in [7, 11) is 1.88. The molecular formula is C22H25F3N6O. The first-order valence-corrected chi connectivity index (χ1v) is 11.0. The summed E-state index contributed by atoms with van der Waals surface area (Å²) in [6, 6.07) is 4.35. The molecule has 10 heteroatoms. The molecule has 1 aliphatic carbocycles. The number of aryl methyl sites for hydroxylation is 1. The lowest BCUT2D eigenvalue weighted by atomic mass is 9.73. The third kappa shape index (κ3) is 2.96. The fourth-order valence-corrected chi connectivity index (χ4v) is 5.89. The van der Waals surface area contributed by atoms with Crippen LogP contribution in [0.15, 0.2) is 36.9 Å². The summed E-state index contributed by atoms with van der Waals surface area (Å²) in [5.74, 6) is 0. The summed E-state index contributed by atoms with van der Waals surface area (Å²) in [6.07, 6.45) is 4.56. The van der Waals surface area contributed by atoms with E-state index in [-0.39, 0.29) is 31.0 Å². The first-order chi connectivity index (χ1) is 15.2. The fraction of sp³-hybridized carbons (Fsp3) is 0.545. The minimum Gasteiger partial charge on any atom is -0.380 e. The molecular weight excluding hydrogens is 421 g/mol. The molecule has 2 bridgehead atoms. The van der Waals surface area contributed by atoms with Crippen molar-refractivity contribution in [3.63, 3.8) is 0 Å². The number of aliphatic hydroxyl groups is 1. The van der Waals surface area contributed by atoms with Gasteiger partial charge in [0.15, 0.2) is 5.60 Å². The van der Waals surface area contributed by atoms with Crippen LogP contribution in [0.4, 0.5) is 18.9 Å². The second kappa shape index (κ2) is 6.71. The van der Waals surface area contributed by atoms with Gasteiger partial charge in [-0.3, -0.25) is 9.58 Å². The smallest absolute Gasteiger partial charge is 0.380 e. The van der Waals surface area contributed by atoms with E-state index in [1.165, 1.54) is 0 Å². The predicted octanol–water partition coefficient (Wildman–Crippen LogP) is 2.84. The molecule has 32 heavy (non-hydrogen) atoms. The maximum atomic E-state index is 13.1. The molecule has 5 heterocycles. The van der Waals surface area contributed by atoms with Crippen molar-refractivity contribution < 1.29 is 18.3 Å². The van der Waals surface area contributed by atoms with Gasteiger partial charge in [0.1, 0.15) is 0 Å². The van der Waals surface area contributed by atoms with Crippen LogP contribution in [0.1, 0.15) is 25.7 Å². The van der Waals surface area contributed by atoms with Crippen molar-refractivity contribution in [1.82, 2.24) is 24.3 Å². The van der Waals surface area contributed by atoms with Crippen LogP contribution in [-0.4, -0.2) is 72.4 Å². The molecule has 0 amide bonds. The van der Waals surface area contributed by atoms with E-state index in [4.69, 9.17) is 0 Å². The van der Waals surface area contributed by atoms with E-state index < -0.39 is 11.8 Å². The zero-order chi connectivity index (χ0) is 22.3. The summed E-state index contributed by atoms with van der Waals surface area (Å²) >= 11 is 0. The molecule has 3 aliphatic rings. The summed E-state index contributed by atoms with van der Waals surface area (Å²) in [4.78, 5) is 4.60. The van der Waals surface area contributed by atoms with Crippen molar-refractivity contribution in [3.8, 4) is 11.1 Å². The molecule has 2 unspecified atom stereocenters. The van der Waals surface area contributed by atoms with E-state index in [1.807, 2.05) is 36.2 Å². The molecule has 2 atom stereocenters. The Kier molecular flexibility index (Phi) is 4.20. The van der Waals surface area contributed by atoms with Gasteiger partial charge in [0.25, 0.3) is 0 Å². The number of aromatic nitrogens is 4. The SMILES string of the molecule is Cn1cc(-c2cc3c(N4CC5CCC(C4)N5C4CC(O)(C(F)(F)F)C4)ccnn3c2)cn1. The zero-order valence-electron chi connectivity index (χ0n) is 17.7. The first kappa shape index (κ1) is 20.0. The molecule has 7 nitrogen and oxygen atoms in total. The minimum absolute atomic E-state index is 0.191. The largest absolute Gasteiger partial charge is 0.417 e.